The van der Waals surface area contributed by atoms with Crippen molar-refractivity contribution in [3.05, 3.63) is 63.6 Å². The number of nitrogens with zero attached hydrogens (tertiary/aromatic N) is 2. The molecule has 0 saturated carbocycles. The predicted octanol–water partition coefficient (Wildman–Crippen LogP) is 4.19. The number of carbonyl (C=O) groups excluding carboxylic acids is 1. The van der Waals surface area contributed by atoms with Crippen molar-refractivity contribution in [2.45, 2.75) is 13.5 Å². The molecule has 0 N–H and O–H groups in total. The number of hydrogen-bond acceptors (Lipinski definition) is 2. The molecule has 21 heavy (non-hydrogen) atoms. The maximum Gasteiger partial charge on any atom is 0.257 e. The first-order valence-corrected chi connectivity index (χ1v) is 7.12. The summed E-state index contributed by atoms with van der Waals surface area (Å²) in [5, 5.41) is 0.561. The summed E-state index contributed by atoms with van der Waals surface area (Å²) in [6.45, 7) is 2.59. The Labute approximate surface area is 132 Å². The summed E-state index contributed by atoms with van der Waals surface area (Å²) in [6.07, 6.45) is 0.976. The summed E-state index contributed by atoms with van der Waals surface area (Å²) in [5.74, 6) is -0.981. The van der Waals surface area contributed by atoms with Crippen LogP contribution in [0.2, 0.25) is 10.2 Å². The van der Waals surface area contributed by atoms with E-state index in [0.717, 1.165) is 17.8 Å². The van der Waals surface area contributed by atoms with Crippen molar-refractivity contribution in [2.75, 3.05) is 6.54 Å². The molecule has 2 rings (SSSR count). The lowest BCUT2D eigenvalue weighted by molar-refractivity contribution is 0.0752. The van der Waals surface area contributed by atoms with Gasteiger partial charge in [0.1, 0.15) is 11.0 Å². The molecule has 2 aromatic rings. The number of pyridine rings is 1. The summed E-state index contributed by atoms with van der Waals surface area (Å²) in [4.78, 5) is 17.6. The van der Waals surface area contributed by atoms with Gasteiger partial charge in [-0.15, -0.1) is 0 Å². The van der Waals surface area contributed by atoms with E-state index in [2.05, 4.69) is 4.98 Å². The maximum atomic E-state index is 13.3. The third-order valence-electron chi connectivity index (χ3n) is 3.02. The van der Waals surface area contributed by atoms with Crippen LogP contribution >= 0.6 is 23.2 Å². The van der Waals surface area contributed by atoms with E-state index < -0.39 is 5.82 Å². The fraction of sp³-hybridized carbons (Fsp3) is 0.200. The second-order valence-electron chi connectivity index (χ2n) is 4.40. The first-order valence-electron chi connectivity index (χ1n) is 6.36. The van der Waals surface area contributed by atoms with Gasteiger partial charge >= 0.3 is 0 Å². The molecule has 0 fully saturated rings. The minimum absolute atomic E-state index is 0.0148. The molecule has 0 bridgehead atoms. The van der Waals surface area contributed by atoms with Gasteiger partial charge in [0, 0.05) is 18.1 Å². The Balaban J connectivity index is 2.27. The summed E-state index contributed by atoms with van der Waals surface area (Å²) in [7, 11) is 0. The van der Waals surface area contributed by atoms with Gasteiger partial charge in [0.15, 0.2) is 0 Å². The Morgan fingerprint density at radius 1 is 1.33 bits per heavy atom. The summed E-state index contributed by atoms with van der Waals surface area (Å²) in [6, 6.07) is 8.34. The van der Waals surface area contributed by atoms with Gasteiger partial charge in [-0.3, -0.25) is 4.79 Å². The number of rotatable bonds is 4. The highest BCUT2D eigenvalue weighted by molar-refractivity contribution is 6.32. The molecule has 1 heterocycles. The molecule has 0 aliphatic rings. The van der Waals surface area contributed by atoms with Crippen molar-refractivity contribution in [1.82, 2.24) is 9.88 Å². The molecular formula is C15H13Cl2FN2O. The van der Waals surface area contributed by atoms with E-state index in [1.807, 2.05) is 25.1 Å². The van der Waals surface area contributed by atoms with E-state index in [9.17, 15) is 9.18 Å². The molecule has 0 aliphatic heterocycles. The van der Waals surface area contributed by atoms with Crippen molar-refractivity contribution in [3.8, 4) is 0 Å². The van der Waals surface area contributed by atoms with E-state index in [4.69, 9.17) is 23.2 Å². The minimum atomic E-state index is -0.600. The molecule has 3 nitrogen and oxygen atoms in total. The van der Waals surface area contributed by atoms with E-state index in [-0.39, 0.29) is 16.6 Å². The Kier molecular flexibility index (Phi) is 5.15. The summed E-state index contributed by atoms with van der Waals surface area (Å²) >= 11 is 12.0. The van der Waals surface area contributed by atoms with Crippen molar-refractivity contribution >= 4 is 29.1 Å². The van der Waals surface area contributed by atoms with Crippen molar-refractivity contribution in [2.24, 2.45) is 0 Å². The third-order valence-corrected chi connectivity index (χ3v) is 3.69. The van der Waals surface area contributed by atoms with Gasteiger partial charge in [-0.05, 0) is 24.6 Å². The smallest absolute Gasteiger partial charge is 0.257 e. The van der Waals surface area contributed by atoms with Crippen LogP contribution in [0.5, 0.6) is 0 Å². The quantitative estimate of drug-likeness (QED) is 0.789. The van der Waals surface area contributed by atoms with Crippen LogP contribution < -0.4 is 0 Å². The van der Waals surface area contributed by atoms with Gasteiger partial charge in [0.2, 0.25) is 0 Å². The third kappa shape index (κ3) is 3.71. The zero-order chi connectivity index (χ0) is 15.4. The molecule has 0 unspecified atom stereocenters. The zero-order valence-corrected chi connectivity index (χ0v) is 12.8. The van der Waals surface area contributed by atoms with E-state index >= 15 is 0 Å². The molecule has 6 heteroatoms. The first-order chi connectivity index (χ1) is 10.0. The normalized spacial score (nSPS) is 10.5. The highest BCUT2D eigenvalue weighted by atomic mass is 35.5. The van der Waals surface area contributed by atoms with Crippen LogP contribution in [0.4, 0.5) is 4.39 Å². The van der Waals surface area contributed by atoms with Crippen molar-refractivity contribution < 1.29 is 9.18 Å². The van der Waals surface area contributed by atoms with Crippen molar-refractivity contribution in [1.29, 1.82) is 0 Å². The standard InChI is InChI=1S/C15H13Cl2FN2O/c1-2-20(9-10-5-3-4-6-13(10)16)15(21)12-7-11(18)8-19-14(12)17/h3-8H,2,9H2,1H3. The Morgan fingerprint density at radius 3 is 2.71 bits per heavy atom. The monoisotopic (exact) mass is 326 g/mol. The summed E-state index contributed by atoms with van der Waals surface area (Å²) < 4.78 is 13.3. The average Bonchev–Trinajstić information content (AvgIpc) is 2.48. The molecule has 0 saturated heterocycles. The fourth-order valence-corrected chi connectivity index (χ4v) is 2.28. The van der Waals surface area contributed by atoms with Crippen LogP contribution in [0.25, 0.3) is 0 Å². The Bertz CT molecular complexity index is 664. The second-order valence-corrected chi connectivity index (χ2v) is 5.17. The molecule has 1 amide bonds. The number of benzene rings is 1. The van der Waals surface area contributed by atoms with Crippen molar-refractivity contribution in [3.63, 3.8) is 0 Å². The largest absolute Gasteiger partial charge is 0.334 e. The molecule has 1 aromatic heterocycles. The van der Waals surface area contributed by atoms with Gasteiger partial charge in [-0.2, -0.15) is 0 Å². The second kappa shape index (κ2) is 6.87. The predicted molar refractivity (Wildman–Crippen MR) is 81.1 cm³/mol. The van der Waals surface area contributed by atoms with E-state index in [1.165, 1.54) is 4.90 Å². The van der Waals surface area contributed by atoms with Crippen LogP contribution in [0, 0.1) is 5.82 Å². The first kappa shape index (κ1) is 15.7. The van der Waals surface area contributed by atoms with Crippen LogP contribution in [0.1, 0.15) is 22.8 Å². The number of aromatic nitrogens is 1. The molecule has 0 atom stereocenters. The molecule has 0 aliphatic carbocycles. The highest BCUT2D eigenvalue weighted by Gasteiger charge is 2.19. The Morgan fingerprint density at radius 2 is 2.05 bits per heavy atom. The van der Waals surface area contributed by atoms with E-state index in [0.29, 0.717) is 18.1 Å². The number of amides is 1. The number of carbonyl (C=O) groups is 1. The zero-order valence-electron chi connectivity index (χ0n) is 11.3. The van der Waals surface area contributed by atoms with Crippen LogP contribution in [0.15, 0.2) is 36.5 Å². The maximum absolute atomic E-state index is 13.3. The van der Waals surface area contributed by atoms with Gasteiger partial charge in [0.05, 0.1) is 11.8 Å². The topological polar surface area (TPSA) is 33.2 Å². The average molecular weight is 327 g/mol. The number of hydrogen-bond donors (Lipinski definition) is 0. The lowest BCUT2D eigenvalue weighted by atomic mass is 10.2. The number of halogens is 3. The highest BCUT2D eigenvalue weighted by Crippen LogP contribution is 2.20. The van der Waals surface area contributed by atoms with E-state index in [1.54, 1.807) is 6.07 Å². The van der Waals surface area contributed by atoms with Gasteiger partial charge < -0.3 is 4.90 Å². The fourth-order valence-electron chi connectivity index (χ4n) is 1.90. The SMILES string of the molecule is CCN(Cc1ccccc1Cl)C(=O)c1cc(F)cnc1Cl. The van der Waals surface area contributed by atoms with Gasteiger partial charge in [-0.25, -0.2) is 9.37 Å². The van der Waals surface area contributed by atoms with Crippen LogP contribution in [-0.4, -0.2) is 22.3 Å². The van der Waals surface area contributed by atoms with Gasteiger partial charge in [-0.1, -0.05) is 41.4 Å². The molecule has 0 spiro atoms. The Hall–Kier alpha value is -1.65. The van der Waals surface area contributed by atoms with Crippen LogP contribution in [0.3, 0.4) is 0 Å². The molecule has 1 aromatic carbocycles. The lowest BCUT2D eigenvalue weighted by Crippen LogP contribution is -2.30. The summed E-state index contributed by atoms with van der Waals surface area (Å²) in [5.41, 5.74) is 0.862. The molecular weight excluding hydrogens is 314 g/mol. The minimum Gasteiger partial charge on any atom is -0.334 e. The lowest BCUT2D eigenvalue weighted by Gasteiger charge is -2.22. The van der Waals surface area contributed by atoms with Gasteiger partial charge in [0.25, 0.3) is 5.91 Å². The molecule has 0 radical (unpaired) electrons. The molecule has 110 valence electrons. The van der Waals surface area contributed by atoms with Crippen LogP contribution in [-0.2, 0) is 6.54 Å².